The van der Waals surface area contributed by atoms with Crippen molar-refractivity contribution in [2.24, 2.45) is 0 Å². The van der Waals surface area contributed by atoms with Crippen LogP contribution in [0.5, 0.6) is 0 Å². The number of anilines is 6. The van der Waals surface area contributed by atoms with Gasteiger partial charge >= 0.3 is 0 Å². The molecule has 0 amide bonds. The largest absolute Gasteiger partial charge is 0.306 e. The first-order chi connectivity index (χ1) is 40.6. The molecule has 1 aliphatic rings. The highest BCUT2D eigenvalue weighted by molar-refractivity contribution is 6.05. The van der Waals surface area contributed by atoms with E-state index < -0.39 is 0 Å². The first-order valence-electron chi connectivity index (χ1n) is 26.8. The Hall–Kier alpha value is -11.6. The van der Waals surface area contributed by atoms with Gasteiger partial charge in [0.15, 0.2) is 40.6 Å². The van der Waals surface area contributed by atoms with Gasteiger partial charge in [-0.2, -0.15) is 9.97 Å². The van der Waals surface area contributed by atoms with E-state index in [0.29, 0.717) is 57.8 Å². The molecule has 11 heteroatoms. The molecule has 0 fully saturated rings. The fourth-order valence-corrected chi connectivity index (χ4v) is 10.4. The second-order valence-corrected chi connectivity index (χ2v) is 19.5. The SMILES string of the molecule is [C-]#[N+]c1ccc(-c2cc(N3c4ccccc4N(c4nc(-c5ccccc5)nc(-c5ccccc5)n4)c4ccccc43)c(-c3nc(-c4ccccc4)nc(-c4ccccc4)n3)cc2-c2cc(-c3ccccc3)nc(-c3ccccc3)n2)cc1. The topological polar surface area (TPSA) is 114 Å². The lowest BCUT2D eigenvalue weighted by atomic mass is 9.91. The summed E-state index contributed by atoms with van der Waals surface area (Å²) >= 11 is 0. The van der Waals surface area contributed by atoms with Gasteiger partial charge < -0.3 is 4.90 Å². The fraction of sp³-hybridized carbons (Fsp3) is 0. The summed E-state index contributed by atoms with van der Waals surface area (Å²) in [7, 11) is 0. The lowest BCUT2D eigenvalue weighted by Crippen LogP contribution is -2.26. The van der Waals surface area contributed by atoms with Gasteiger partial charge in [-0.1, -0.05) is 231 Å². The van der Waals surface area contributed by atoms with E-state index in [0.717, 1.165) is 84.2 Å². The number of rotatable bonds is 11. The second-order valence-electron chi connectivity index (χ2n) is 19.5. The zero-order valence-corrected chi connectivity index (χ0v) is 43.9. The molecule has 0 spiro atoms. The Kier molecular flexibility index (Phi) is 12.7. The molecule has 4 heterocycles. The Balaban J connectivity index is 1.07. The van der Waals surface area contributed by atoms with Gasteiger partial charge in [-0.15, -0.1) is 0 Å². The van der Waals surface area contributed by atoms with Gasteiger partial charge in [0.05, 0.1) is 46.4 Å². The average Bonchev–Trinajstić information content (AvgIpc) is 2.46. The Bertz CT molecular complexity index is 4280. The van der Waals surface area contributed by atoms with Crippen LogP contribution in [0.2, 0.25) is 0 Å². The molecule has 1 aliphatic heterocycles. The summed E-state index contributed by atoms with van der Waals surface area (Å²) < 4.78 is 0. The molecule has 10 aromatic carbocycles. The van der Waals surface area contributed by atoms with Crippen LogP contribution in [0.3, 0.4) is 0 Å². The maximum Gasteiger partial charge on any atom is 0.238 e. The Labute approximate surface area is 473 Å². The van der Waals surface area contributed by atoms with E-state index in [2.05, 4.69) is 81.4 Å². The first kappa shape index (κ1) is 48.7. The van der Waals surface area contributed by atoms with Crippen LogP contribution in [0.25, 0.3) is 107 Å². The van der Waals surface area contributed by atoms with Gasteiger partial charge in [-0.05, 0) is 53.6 Å². The Morgan fingerprint density at radius 1 is 0.244 bits per heavy atom. The minimum atomic E-state index is 0.439. The third kappa shape index (κ3) is 9.34. The minimum Gasteiger partial charge on any atom is -0.306 e. The minimum absolute atomic E-state index is 0.439. The molecule has 384 valence electrons. The van der Waals surface area contributed by atoms with Crippen LogP contribution in [0.4, 0.5) is 40.1 Å². The van der Waals surface area contributed by atoms with Crippen molar-refractivity contribution >= 4 is 40.1 Å². The van der Waals surface area contributed by atoms with Gasteiger partial charge in [-0.3, -0.25) is 4.90 Å². The lowest BCUT2D eigenvalue weighted by molar-refractivity contribution is 1.01. The molecular formula is C71H45N11. The van der Waals surface area contributed by atoms with Gasteiger partial charge in [0, 0.05) is 44.5 Å². The Morgan fingerprint density at radius 3 is 1.02 bits per heavy atom. The quantitative estimate of drug-likeness (QED) is 0.116. The third-order valence-corrected chi connectivity index (χ3v) is 14.3. The molecule has 0 saturated heterocycles. The van der Waals surface area contributed by atoms with E-state index in [1.807, 2.05) is 206 Å². The molecule has 0 saturated carbocycles. The normalized spacial score (nSPS) is 11.6. The highest BCUT2D eigenvalue weighted by atomic mass is 15.3. The predicted octanol–water partition coefficient (Wildman–Crippen LogP) is 17.7. The van der Waals surface area contributed by atoms with Gasteiger partial charge in [-0.25, -0.2) is 34.7 Å². The molecular weight excluding hydrogens is 1010 g/mol. The highest BCUT2D eigenvalue weighted by Gasteiger charge is 2.35. The molecule has 13 aromatic rings. The van der Waals surface area contributed by atoms with Crippen LogP contribution < -0.4 is 9.80 Å². The number of benzene rings is 10. The molecule has 82 heavy (non-hydrogen) atoms. The van der Waals surface area contributed by atoms with Crippen molar-refractivity contribution < 1.29 is 0 Å². The maximum atomic E-state index is 7.95. The molecule has 0 unspecified atom stereocenters. The lowest BCUT2D eigenvalue weighted by Gasteiger charge is -2.40. The number of hydrogen-bond donors (Lipinski definition) is 0. The van der Waals surface area contributed by atoms with Crippen LogP contribution in [0.1, 0.15) is 0 Å². The summed E-state index contributed by atoms with van der Waals surface area (Å²) in [6, 6.07) is 91.1. The summed E-state index contributed by atoms with van der Waals surface area (Å²) in [5, 5.41) is 0. The summed E-state index contributed by atoms with van der Waals surface area (Å²) in [4.78, 5) is 50.6. The molecule has 0 atom stereocenters. The van der Waals surface area contributed by atoms with Crippen LogP contribution in [-0.2, 0) is 0 Å². The molecule has 0 bridgehead atoms. The summed E-state index contributed by atoms with van der Waals surface area (Å²) in [6.07, 6.45) is 0. The van der Waals surface area contributed by atoms with Crippen molar-refractivity contribution in [1.29, 1.82) is 0 Å². The van der Waals surface area contributed by atoms with Crippen LogP contribution in [0, 0.1) is 6.57 Å². The van der Waals surface area contributed by atoms with E-state index in [1.54, 1.807) is 0 Å². The smallest absolute Gasteiger partial charge is 0.238 e. The van der Waals surface area contributed by atoms with Gasteiger partial charge in [0.2, 0.25) is 5.95 Å². The van der Waals surface area contributed by atoms with Gasteiger partial charge in [0.25, 0.3) is 0 Å². The monoisotopic (exact) mass is 1050 g/mol. The van der Waals surface area contributed by atoms with Crippen LogP contribution >= 0.6 is 0 Å². The van der Waals surface area contributed by atoms with E-state index in [4.69, 9.17) is 46.4 Å². The number of nitrogens with zero attached hydrogens (tertiary/aromatic N) is 11. The predicted molar refractivity (Wildman–Crippen MR) is 327 cm³/mol. The molecule has 3 aromatic heterocycles. The van der Waals surface area contributed by atoms with E-state index in [1.165, 1.54) is 0 Å². The molecule has 14 rings (SSSR count). The fourth-order valence-electron chi connectivity index (χ4n) is 10.4. The van der Waals surface area contributed by atoms with Crippen molar-refractivity contribution in [3.05, 3.63) is 284 Å². The number of para-hydroxylation sites is 4. The standard InChI is InChI=1S/C71H45N11/c1-72-54-42-40-47(41-43-54)55-45-64(81-60-36-20-22-38-62(60)82(63-39-23-21-37-61(63)81)71-79-68(52-32-16-6-17-33-52)76-69(80-71)53-34-18-7-19-35-53)57(70-77-66(50-28-12-4-13-29-50)75-67(78-70)51-30-14-5-15-31-51)44-56(55)59-46-58(48-24-8-2-9-25-48)73-65(74-59)49-26-10-3-11-27-49/h2-46H. The molecule has 11 nitrogen and oxygen atoms in total. The zero-order valence-electron chi connectivity index (χ0n) is 43.9. The summed E-state index contributed by atoms with van der Waals surface area (Å²) in [5.74, 6) is 3.57. The number of fused-ring (bicyclic) bond motifs is 2. The van der Waals surface area contributed by atoms with Gasteiger partial charge in [0.1, 0.15) is 0 Å². The van der Waals surface area contributed by atoms with Crippen molar-refractivity contribution in [3.8, 4) is 102 Å². The average molecular weight is 1050 g/mol. The third-order valence-electron chi connectivity index (χ3n) is 14.3. The summed E-state index contributed by atoms with van der Waals surface area (Å²) in [6.45, 7) is 7.95. The van der Waals surface area contributed by atoms with Crippen molar-refractivity contribution in [1.82, 2.24) is 39.9 Å². The maximum absolute atomic E-state index is 7.95. The summed E-state index contributed by atoms with van der Waals surface area (Å²) in [5.41, 5.74) is 14.5. The first-order valence-corrected chi connectivity index (χ1v) is 26.8. The molecule has 0 radical (unpaired) electrons. The van der Waals surface area contributed by atoms with E-state index in [9.17, 15) is 0 Å². The Morgan fingerprint density at radius 2 is 0.598 bits per heavy atom. The van der Waals surface area contributed by atoms with Crippen molar-refractivity contribution in [3.63, 3.8) is 0 Å². The molecule has 0 aliphatic carbocycles. The van der Waals surface area contributed by atoms with Crippen molar-refractivity contribution in [2.45, 2.75) is 0 Å². The van der Waals surface area contributed by atoms with E-state index >= 15 is 0 Å². The number of hydrogen-bond acceptors (Lipinski definition) is 10. The van der Waals surface area contributed by atoms with E-state index in [-0.39, 0.29) is 0 Å². The van der Waals surface area contributed by atoms with Crippen LogP contribution in [-0.4, -0.2) is 39.9 Å². The van der Waals surface area contributed by atoms with Crippen molar-refractivity contribution in [2.75, 3.05) is 9.80 Å². The highest BCUT2D eigenvalue weighted by Crippen LogP contribution is 2.56. The zero-order chi connectivity index (χ0) is 54.8. The van der Waals surface area contributed by atoms with Crippen LogP contribution in [0.15, 0.2) is 273 Å². The second kappa shape index (κ2) is 21.3. The number of aromatic nitrogens is 8. The molecule has 0 N–H and O–H groups in total.